The maximum absolute atomic E-state index is 4.21. The number of allylic oxidation sites excluding steroid dienone is 8. The van der Waals surface area contributed by atoms with Gasteiger partial charge in [0.1, 0.15) is 0 Å². The molecule has 0 aliphatic carbocycles. The third-order valence-corrected chi connectivity index (χ3v) is 3.93. The summed E-state index contributed by atoms with van der Waals surface area (Å²) in [7, 11) is 0. The zero-order valence-corrected chi connectivity index (χ0v) is 14.2. The third-order valence-electron chi connectivity index (χ3n) is 3.93. The molecule has 0 N–H and O–H groups in total. The van der Waals surface area contributed by atoms with Crippen LogP contribution in [0.2, 0.25) is 0 Å². The quantitative estimate of drug-likeness (QED) is 0.464. The van der Waals surface area contributed by atoms with Crippen molar-refractivity contribution in [2.75, 3.05) is 0 Å². The predicted octanol–water partition coefficient (Wildman–Crippen LogP) is 6.76. The number of rotatable bonds is 8. The molecule has 0 aromatic heterocycles. The van der Waals surface area contributed by atoms with E-state index in [1.165, 1.54) is 16.7 Å². The summed E-state index contributed by atoms with van der Waals surface area (Å²) in [6.07, 6.45) is 12.5. The Balaban J connectivity index is 2.63. The first-order chi connectivity index (χ1) is 10.6. The van der Waals surface area contributed by atoms with Crippen LogP contribution in [0.15, 0.2) is 90.6 Å². The lowest BCUT2D eigenvalue weighted by molar-refractivity contribution is 0.780. The second-order valence-electron chi connectivity index (χ2n) is 5.54. The molecule has 1 aromatic carbocycles. The Morgan fingerprint density at radius 1 is 1.14 bits per heavy atom. The van der Waals surface area contributed by atoms with Crippen LogP contribution in [-0.2, 0) is 0 Å². The zero-order chi connectivity index (χ0) is 16.4. The van der Waals surface area contributed by atoms with Gasteiger partial charge in [-0.05, 0) is 54.9 Å². The average Bonchev–Trinajstić information content (AvgIpc) is 2.56. The van der Waals surface area contributed by atoms with Crippen LogP contribution in [0.25, 0.3) is 0 Å². The highest BCUT2D eigenvalue weighted by atomic mass is 14.1. The Bertz CT molecular complexity index is 567. The van der Waals surface area contributed by atoms with E-state index in [2.05, 4.69) is 81.6 Å². The molecule has 1 rings (SSSR count). The molecule has 116 valence electrons. The van der Waals surface area contributed by atoms with Gasteiger partial charge in [0.15, 0.2) is 0 Å². The Morgan fingerprint density at radius 2 is 1.82 bits per heavy atom. The molecular weight excluding hydrogens is 264 g/mol. The Hall–Kier alpha value is -2.08. The summed E-state index contributed by atoms with van der Waals surface area (Å²) in [5.41, 5.74) is 4.95. The molecule has 0 heterocycles. The van der Waals surface area contributed by atoms with Gasteiger partial charge in [-0.2, -0.15) is 0 Å². The summed E-state index contributed by atoms with van der Waals surface area (Å²) in [6, 6.07) is 10.6. The Morgan fingerprint density at radius 3 is 2.36 bits per heavy atom. The lowest BCUT2D eigenvalue weighted by Crippen LogP contribution is -1.92. The molecule has 1 unspecified atom stereocenters. The topological polar surface area (TPSA) is 0 Å². The highest BCUT2D eigenvalue weighted by Gasteiger charge is 2.03. The van der Waals surface area contributed by atoms with Gasteiger partial charge in [-0.3, -0.25) is 0 Å². The van der Waals surface area contributed by atoms with Gasteiger partial charge in [0.05, 0.1) is 0 Å². The van der Waals surface area contributed by atoms with E-state index < -0.39 is 0 Å². The van der Waals surface area contributed by atoms with E-state index >= 15 is 0 Å². The molecule has 0 fully saturated rings. The van der Waals surface area contributed by atoms with Crippen LogP contribution >= 0.6 is 0 Å². The van der Waals surface area contributed by atoms with Crippen LogP contribution in [0.1, 0.15) is 45.1 Å². The van der Waals surface area contributed by atoms with E-state index in [1.54, 1.807) is 0 Å². The van der Waals surface area contributed by atoms with Crippen LogP contribution in [0.3, 0.4) is 0 Å². The lowest BCUT2D eigenvalue weighted by Gasteiger charge is -2.10. The minimum absolute atomic E-state index is 0.531. The smallest absolute Gasteiger partial charge is 0.00293 e. The molecular formula is C22H28. The monoisotopic (exact) mass is 292 g/mol. The summed E-state index contributed by atoms with van der Waals surface area (Å²) in [5.74, 6) is 0.531. The maximum atomic E-state index is 4.21. The van der Waals surface area contributed by atoms with Gasteiger partial charge in [-0.1, -0.05) is 80.8 Å². The molecule has 0 saturated carbocycles. The molecule has 1 aromatic rings. The van der Waals surface area contributed by atoms with Crippen molar-refractivity contribution in [1.29, 1.82) is 0 Å². The van der Waals surface area contributed by atoms with E-state index in [1.807, 2.05) is 13.0 Å². The predicted molar refractivity (Wildman–Crippen MR) is 100 cm³/mol. The van der Waals surface area contributed by atoms with Crippen molar-refractivity contribution >= 4 is 0 Å². The first-order valence-corrected chi connectivity index (χ1v) is 7.95. The highest BCUT2D eigenvalue weighted by molar-refractivity contribution is 5.41. The maximum Gasteiger partial charge on any atom is -0.00293 e. The number of hydrogen-bond donors (Lipinski definition) is 0. The first-order valence-electron chi connectivity index (χ1n) is 7.95. The summed E-state index contributed by atoms with van der Waals surface area (Å²) >= 11 is 0. The molecule has 0 amide bonds. The lowest BCUT2D eigenvalue weighted by atomic mass is 9.95. The zero-order valence-electron chi connectivity index (χ0n) is 14.2. The van der Waals surface area contributed by atoms with Crippen molar-refractivity contribution in [2.45, 2.75) is 39.5 Å². The molecule has 22 heavy (non-hydrogen) atoms. The molecule has 0 aliphatic rings. The van der Waals surface area contributed by atoms with Crippen molar-refractivity contribution in [2.24, 2.45) is 0 Å². The van der Waals surface area contributed by atoms with Crippen molar-refractivity contribution < 1.29 is 0 Å². The summed E-state index contributed by atoms with van der Waals surface area (Å²) in [5, 5.41) is 0. The highest BCUT2D eigenvalue weighted by Crippen LogP contribution is 2.22. The largest absolute Gasteiger partial charge is 0.0988 e. The minimum Gasteiger partial charge on any atom is -0.0988 e. The van der Waals surface area contributed by atoms with Crippen LogP contribution in [0.5, 0.6) is 0 Å². The molecule has 0 nitrogen and oxygen atoms in total. The molecule has 0 bridgehead atoms. The first kappa shape index (κ1) is 18.0. The second-order valence-corrected chi connectivity index (χ2v) is 5.54. The molecule has 0 radical (unpaired) electrons. The summed E-state index contributed by atoms with van der Waals surface area (Å²) in [4.78, 5) is 0. The van der Waals surface area contributed by atoms with Crippen LogP contribution in [0, 0.1) is 0 Å². The van der Waals surface area contributed by atoms with Crippen LogP contribution in [-0.4, -0.2) is 0 Å². The fraction of sp³-hybridized carbons (Fsp3) is 0.273. The van der Waals surface area contributed by atoms with Gasteiger partial charge in [-0.25, -0.2) is 0 Å². The van der Waals surface area contributed by atoms with Gasteiger partial charge in [0, 0.05) is 0 Å². The van der Waals surface area contributed by atoms with Gasteiger partial charge >= 0.3 is 0 Å². The van der Waals surface area contributed by atoms with E-state index in [4.69, 9.17) is 0 Å². The van der Waals surface area contributed by atoms with Gasteiger partial charge in [-0.15, -0.1) is 0 Å². The Labute approximate surface area is 136 Å². The summed E-state index contributed by atoms with van der Waals surface area (Å²) < 4.78 is 0. The van der Waals surface area contributed by atoms with Crippen molar-refractivity contribution in [3.05, 3.63) is 96.2 Å². The van der Waals surface area contributed by atoms with Crippen LogP contribution < -0.4 is 0 Å². The summed E-state index contributed by atoms with van der Waals surface area (Å²) in [6.45, 7) is 14.4. The van der Waals surface area contributed by atoms with Crippen molar-refractivity contribution in [3.63, 3.8) is 0 Å². The van der Waals surface area contributed by atoms with Crippen LogP contribution in [0.4, 0.5) is 0 Å². The van der Waals surface area contributed by atoms with E-state index in [0.29, 0.717) is 5.92 Å². The average molecular weight is 292 g/mol. The van der Waals surface area contributed by atoms with Gasteiger partial charge in [0.2, 0.25) is 0 Å². The molecule has 0 spiro atoms. The van der Waals surface area contributed by atoms with Gasteiger partial charge < -0.3 is 0 Å². The number of hydrogen-bond acceptors (Lipinski definition) is 0. The van der Waals surface area contributed by atoms with E-state index in [0.717, 1.165) is 18.4 Å². The van der Waals surface area contributed by atoms with E-state index in [-0.39, 0.29) is 0 Å². The molecule has 0 aliphatic heterocycles. The SMILES string of the molecule is C=CC(=CC)CC(=C)/C(C=CCC(C)c1ccccc1)=C/C. The van der Waals surface area contributed by atoms with E-state index in [9.17, 15) is 0 Å². The van der Waals surface area contributed by atoms with Crippen molar-refractivity contribution in [3.8, 4) is 0 Å². The van der Waals surface area contributed by atoms with Crippen molar-refractivity contribution in [1.82, 2.24) is 0 Å². The van der Waals surface area contributed by atoms with Gasteiger partial charge in [0.25, 0.3) is 0 Å². The number of benzene rings is 1. The normalized spacial score (nSPS) is 14.1. The fourth-order valence-electron chi connectivity index (χ4n) is 2.38. The molecule has 1 atom stereocenters. The minimum atomic E-state index is 0.531. The molecule has 0 saturated heterocycles. The molecule has 0 heteroatoms. The fourth-order valence-corrected chi connectivity index (χ4v) is 2.38. The standard InChI is InChI=1S/C22H28/c1-6-20(7-2)17-19(5)21(8-3)16-12-13-18(4)22-14-10-9-11-15-22/h6-12,14-16,18H,1,5,13,17H2,2-4H3/b16-12?,20-7?,21-8+. The third kappa shape index (κ3) is 5.73. The Kier molecular flexibility index (Phi) is 7.99. The second kappa shape index (κ2) is 9.78.